The van der Waals surface area contributed by atoms with Crippen LogP contribution in [0.15, 0.2) is 42.9 Å². The van der Waals surface area contributed by atoms with Crippen molar-refractivity contribution in [2.75, 3.05) is 19.6 Å². The lowest BCUT2D eigenvalue weighted by Crippen LogP contribution is -2.27. The lowest BCUT2D eigenvalue weighted by molar-refractivity contribution is 0.291. The third kappa shape index (κ3) is 3.57. The second-order valence-corrected chi connectivity index (χ2v) is 7.01. The number of aryl methyl sites for hydroxylation is 1. The van der Waals surface area contributed by atoms with E-state index >= 15 is 0 Å². The van der Waals surface area contributed by atoms with Crippen molar-refractivity contribution in [3.8, 4) is 21.8 Å². The average Bonchev–Trinajstić information content (AvgIpc) is 3.22. The number of imidazole rings is 1. The van der Waals surface area contributed by atoms with Crippen molar-refractivity contribution in [2.24, 2.45) is 0 Å². The van der Waals surface area contributed by atoms with Crippen molar-refractivity contribution < 1.29 is 0 Å². The first-order chi connectivity index (χ1) is 11.7. The van der Waals surface area contributed by atoms with Crippen molar-refractivity contribution in [3.63, 3.8) is 0 Å². The Bertz CT molecular complexity index is 772. The number of nitrogens with zero attached hydrogens (tertiary/aromatic N) is 4. The van der Waals surface area contributed by atoms with Crippen LogP contribution < -0.4 is 0 Å². The van der Waals surface area contributed by atoms with Gasteiger partial charge in [-0.1, -0.05) is 44.2 Å². The van der Waals surface area contributed by atoms with Gasteiger partial charge in [0.15, 0.2) is 0 Å². The zero-order valence-corrected chi connectivity index (χ0v) is 15.4. The number of hydrogen-bond acceptors (Lipinski definition) is 4. The highest BCUT2D eigenvalue weighted by Crippen LogP contribution is 2.34. The summed E-state index contributed by atoms with van der Waals surface area (Å²) in [6, 6.07) is 10.4. The lowest BCUT2D eigenvalue weighted by atomic mass is 10.1. The fourth-order valence-corrected chi connectivity index (χ4v) is 3.72. The Balaban J connectivity index is 1.99. The van der Waals surface area contributed by atoms with Gasteiger partial charge in [-0.3, -0.25) is 0 Å². The van der Waals surface area contributed by atoms with Gasteiger partial charge in [-0.25, -0.2) is 9.97 Å². The number of benzene rings is 1. The summed E-state index contributed by atoms with van der Waals surface area (Å²) in [4.78, 5) is 12.8. The zero-order valence-electron chi connectivity index (χ0n) is 14.6. The number of hydrogen-bond donors (Lipinski definition) is 0. The minimum Gasteiger partial charge on any atom is -0.328 e. The number of thiazole rings is 1. The number of aromatic nitrogens is 3. The first-order valence-electron chi connectivity index (χ1n) is 8.48. The zero-order chi connectivity index (χ0) is 16.9. The molecule has 0 amide bonds. The Morgan fingerprint density at radius 2 is 1.83 bits per heavy atom. The maximum Gasteiger partial charge on any atom is 0.0972 e. The van der Waals surface area contributed by atoms with E-state index in [1.165, 1.54) is 10.6 Å². The van der Waals surface area contributed by atoms with E-state index in [9.17, 15) is 0 Å². The molecule has 0 bridgehead atoms. The van der Waals surface area contributed by atoms with Crippen LogP contribution in [-0.2, 0) is 6.54 Å². The molecule has 2 heterocycles. The van der Waals surface area contributed by atoms with Crippen molar-refractivity contribution in [2.45, 2.75) is 27.3 Å². The lowest BCUT2D eigenvalue weighted by Gasteiger charge is -2.19. The van der Waals surface area contributed by atoms with Gasteiger partial charge in [0.25, 0.3) is 0 Å². The standard InChI is InChI=1S/C19H24N4S/c1-4-22(5-2)11-12-23-14-21-18(16-9-7-6-8-10-16)19(23)17-13-20-15(3)24-17/h6-10,13-14H,4-5,11-12H2,1-3H3. The highest BCUT2D eigenvalue weighted by molar-refractivity contribution is 7.15. The molecule has 3 aromatic rings. The molecule has 1 aromatic carbocycles. The Kier molecular flexibility index (Phi) is 5.43. The second kappa shape index (κ2) is 7.73. The summed E-state index contributed by atoms with van der Waals surface area (Å²) in [5.41, 5.74) is 3.37. The van der Waals surface area contributed by atoms with E-state index in [4.69, 9.17) is 4.98 Å². The molecule has 126 valence electrons. The Labute approximate surface area is 147 Å². The minimum atomic E-state index is 0.938. The number of rotatable bonds is 7. The fraction of sp³-hybridized carbons (Fsp3) is 0.368. The van der Waals surface area contributed by atoms with E-state index < -0.39 is 0 Å². The predicted octanol–water partition coefficient (Wildman–Crippen LogP) is 4.32. The van der Waals surface area contributed by atoms with Gasteiger partial charge in [0, 0.05) is 24.8 Å². The molecule has 0 saturated heterocycles. The summed E-state index contributed by atoms with van der Waals surface area (Å²) in [6.45, 7) is 10.6. The van der Waals surface area contributed by atoms with Crippen molar-refractivity contribution in [1.29, 1.82) is 0 Å². The first-order valence-corrected chi connectivity index (χ1v) is 9.30. The van der Waals surface area contributed by atoms with E-state index in [0.717, 1.165) is 42.4 Å². The summed E-state index contributed by atoms with van der Waals surface area (Å²) in [6.07, 6.45) is 3.94. The molecule has 4 nitrogen and oxygen atoms in total. The van der Waals surface area contributed by atoms with Crippen LogP contribution in [0.25, 0.3) is 21.8 Å². The van der Waals surface area contributed by atoms with Crippen LogP contribution in [0.5, 0.6) is 0 Å². The topological polar surface area (TPSA) is 34.0 Å². The third-order valence-corrected chi connectivity index (χ3v) is 5.21. The third-order valence-electron chi connectivity index (χ3n) is 4.29. The van der Waals surface area contributed by atoms with Crippen LogP contribution >= 0.6 is 11.3 Å². The quantitative estimate of drug-likeness (QED) is 0.642. The van der Waals surface area contributed by atoms with E-state index in [-0.39, 0.29) is 0 Å². The molecule has 0 atom stereocenters. The normalized spacial score (nSPS) is 11.3. The molecule has 5 heteroatoms. The van der Waals surface area contributed by atoms with E-state index in [1.54, 1.807) is 11.3 Å². The van der Waals surface area contributed by atoms with Gasteiger partial charge in [-0.15, -0.1) is 11.3 Å². The molecule has 0 radical (unpaired) electrons. The second-order valence-electron chi connectivity index (χ2n) is 5.77. The van der Waals surface area contributed by atoms with Crippen LogP contribution in [-0.4, -0.2) is 39.1 Å². The monoisotopic (exact) mass is 340 g/mol. The molecule has 0 aliphatic rings. The van der Waals surface area contributed by atoms with Crippen LogP contribution in [0.2, 0.25) is 0 Å². The molecule has 0 saturated carbocycles. The Morgan fingerprint density at radius 1 is 1.08 bits per heavy atom. The molecule has 0 aliphatic heterocycles. The van der Waals surface area contributed by atoms with Crippen LogP contribution in [0, 0.1) is 6.92 Å². The molecule has 0 spiro atoms. The fourth-order valence-electron chi connectivity index (χ4n) is 2.88. The van der Waals surface area contributed by atoms with Gasteiger partial charge in [-0.05, 0) is 20.0 Å². The molecule has 0 aliphatic carbocycles. The maximum atomic E-state index is 4.72. The first kappa shape index (κ1) is 16.9. The molecule has 2 aromatic heterocycles. The SMILES string of the molecule is CCN(CC)CCn1cnc(-c2ccccc2)c1-c1cnc(C)s1. The van der Waals surface area contributed by atoms with Gasteiger partial charge < -0.3 is 9.47 Å². The van der Waals surface area contributed by atoms with Gasteiger partial charge >= 0.3 is 0 Å². The molecular formula is C19H24N4S. The molecule has 0 fully saturated rings. The van der Waals surface area contributed by atoms with E-state index in [1.807, 2.05) is 25.5 Å². The highest BCUT2D eigenvalue weighted by atomic mass is 32.1. The minimum absolute atomic E-state index is 0.938. The largest absolute Gasteiger partial charge is 0.328 e. The summed E-state index contributed by atoms with van der Waals surface area (Å²) < 4.78 is 2.27. The van der Waals surface area contributed by atoms with Crippen LogP contribution in [0.4, 0.5) is 0 Å². The van der Waals surface area contributed by atoms with Gasteiger partial charge in [0.1, 0.15) is 0 Å². The van der Waals surface area contributed by atoms with Gasteiger partial charge in [-0.2, -0.15) is 0 Å². The predicted molar refractivity (Wildman–Crippen MR) is 101 cm³/mol. The van der Waals surface area contributed by atoms with Crippen molar-refractivity contribution in [3.05, 3.63) is 47.9 Å². The van der Waals surface area contributed by atoms with Crippen molar-refractivity contribution in [1.82, 2.24) is 19.4 Å². The Morgan fingerprint density at radius 3 is 2.46 bits per heavy atom. The average molecular weight is 340 g/mol. The Hall–Kier alpha value is -1.98. The van der Waals surface area contributed by atoms with Crippen LogP contribution in [0.1, 0.15) is 18.9 Å². The molecule has 3 rings (SSSR count). The van der Waals surface area contributed by atoms with E-state index in [2.05, 4.69) is 52.6 Å². The summed E-state index contributed by atoms with van der Waals surface area (Å²) in [5, 5.41) is 1.08. The maximum absolute atomic E-state index is 4.72. The van der Waals surface area contributed by atoms with Crippen LogP contribution in [0.3, 0.4) is 0 Å². The molecule has 0 unspecified atom stereocenters. The summed E-state index contributed by atoms with van der Waals surface area (Å²) in [5.74, 6) is 0. The van der Waals surface area contributed by atoms with E-state index in [0.29, 0.717) is 0 Å². The molecule has 0 N–H and O–H groups in total. The van der Waals surface area contributed by atoms with Crippen molar-refractivity contribution >= 4 is 11.3 Å². The molecule has 24 heavy (non-hydrogen) atoms. The van der Waals surface area contributed by atoms with Gasteiger partial charge in [0.05, 0.1) is 27.6 Å². The highest BCUT2D eigenvalue weighted by Gasteiger charge is 2.17. The van der Waals surface area contributed by atoms with Gasteiger partial charge in [0.2, 0.25) is 0 Å². The molecular weight excluding hydrogens is 316 g/mol. The smallest absolute Gasteiger partial charge is 0.0972 e. The number of likely N-dealkylation sites (N-methyl/N-ethyl adjacent to an activating group) is 1. The summed E-state index contributed by atoms with van der Waals surface area (Å²) >= 11 is 1.73. The summed E-state index contributed by atoms with van der Waals surface area (Å²) in [7, 11) is 0.